The molecule has 0 bridgehead atoms. The number of benzene rings is 2. The topological polar surface area (TPSA) is 99.3 Å². The molecule has 1 N–H and O–H groups in total. The highest BCUT2D eigenvalue weighted by atomic mass is 79.9. The fourth-order valence-corrected chi connectivity index (χ4v) is 2.58. The smallest absolute Gasteiger partial charge is 0.276 e. The van der Waals surface area contributed by atoms with Crippen molar-refractivity contribution in [2.75, 3.05) is 5.32 Å². The third-order valence-electron chi connectivity index (χ3n) is 3.72. The molecule has 3 rings (SSSR count). The quantitative estimate of drug-likeness (QED) is 0.467. The molecule has 0 unspecified atom stereocenters. The number of nitro benzene ring substituents is 1. The van der Waals surface area contributed by atoms with Gasteiger partial charge in [-0.3, -0.25) is 14.9 Å². The molecule has 27 heavy (non-hydrogen) atoms. The van der Waals surface area contributed by atoms with Gasteiger partial charge in [-0.2, -0.15) is 5.10 Å². The Hall–Kier alpha value is -3.20. The fraction of sp³-hybridized carbons (Fsp3) is 0.111. The zero-order valence-corrected chi connectivity index (χ0v) is 15.8. The van der Waals surface area contributed by atoms with Gasteiger partial charge in [-0.1, -0.05) is 15.9 Å². The first kappa shape index (κ1) is 18.6. The zero-order valence-electron chi connectivity index (χ0n) is 14.3. The van der Waals surface area contributed by atoms with Crippen molar-refractivity contribution in [1.82, 2.24) is 9.78 Å². The van der Waals surface area contributed by atoms with Gasteiger partial charge in [0.1, 0.15) is 5.75 Å². The molecule has 8 nitrogen and oxygen atoms in total. The van der Waals surface area contributed by atoms with Crippen molar-refractivity contribution in [2.24, 2.45) is 0 Å². The second-order valence-corrected chi connectivity index (χ2v) is 6.59. The highest BCUT2D eigenvalue weighted by molar-refractivity contribution is 9.10. The summed E-state index contributed by atoms with van der Waals surface area (Å²) in [4.78, 5) is 22.6. The van der Waals surface area contributed by atoms with Gasteiger partial charge in [-0.05, 0) is 48.9 Å². The van der Waals surface area contributed by atoms with E-state index in [4.69, 9.17) is 4.74 Å². The second-order valence-electron chi connectivity index (χ2n) is 5.68. The molecule has 1 aromatic heterocycles. The molecule has 0 aliphatic heterocycles. The third kappa shape index (κ3) is 4.70. The minimum atomic E-state index is -0.480. The average Bonchev–Trinajstić information content (AvgIpc) is 3.12. The van der Waals surface area contributed by atoms with E-state index in [-0.39, 0.29) is 18.1 Å². The number of halogens is 1. The molecule has 0 saturated heterocycles. The molecule has 0 aliphatic carbocycles. The van der Waals surface area contributed by atoms with Crippen LogP contribution >= 0.6 is 15.9 Å². The van der Waals surface area contributed by atoms with Gasteiger partial charge in [-0.25, -0.2) is 4.68 Å². The molecule has 2 aromatic carbocycles. The lowest BCUT2D eigenvalue weighted by Crippen LogP contribution is -2.15. The van der Waals surface area contributed by atoms with Crippen LogP contribution in [0.1, 0.15) is 16.1 Å². The Morgan fingerprint density at radius 1 is 1.26 bits per heavy atom. The molecule has 9 heteroatoms. The van der Waals surface area contributed by atoms with Gasteiger partial charge < -0.3 is 10.1 Å². The SMILES string of the molecule is Cc1cc([N+](=O)[O-])ccc1NC(=O)c1ccn(COc2ccc(Br)cc2)n1. The Morgan fingerprint density at radius 2 is 2.00 bits per heavy atom. The van der Waals surface area contributed by atoms with Crippen LogP contribution in [-0.4, -0.2) is 20.6 Å². The molecule has 0 radical (unpaired) electrons. The van der Waals surface area contributed by atoms with Crippen molar-refractivity contribution in [3.05, 3.63) is 80.6 Å². The lowest BCUT2D eigenvalue weighted by molar-refractivity contribution is -0.384. The van der Waals surface area contributed by atoms with Crippen LogP contribution in [0, 0.1) is 17.0 Å². The molecular formula is C18H15BrN4O4. The molecule has 0 spiro atoms. The van der Waals surface area contributed by atoms with E-state index in [0.29, 0.717) is 17.0 Å². The van der Waals surface area contributed by atoms with Gasteiger partial charge in [0, 0.05) is 28.5 Å². The molecule has 0 aliphatic rings. The van der Waals surface area contributed by atoms with Crippen molar-refractivity contribution >= 4 is 33.2 Å². The molecule has 3 aromatic rings. The number of non-ortho nitro benzene ring substituents is 1. The predicted octanol–water partition coefficient (Wildman–Crippen LogP) is 4.15. The number of nitro groups is 1. The molecule has 1 heterocycles. The van der Waals surface area contributed by atoms with E-state index in [1.807, 2.05) is 24.3 Å². The summed E-state index contributed by atoms with van der Waals surface area (Å²) in [6, 6.07) is 13.2. The van der Waals surface area contributed by atoms with Gasteiger partial charge in [0.15, 0.2) is 12.4 Å². The third-order valence-corrected chi connectivity index (χ3v) is 4.25. The Balaban J connectivity index is 1.63. The Morgan fingerprint density at radius 3 is 2.67 bits per heavy atom. The van der Waals surface area contributed by atoms with Crippen LogP contribution in [0.5, 0.6) is 5.75 Å². The van der Waals surface area contributed by atoms with Crippen molar-refractivity contribution in [2.45, 2.75) is 13.7 Å². The Kier molecular flexibility index (Phi) is 5.51. The molecule has 0 saturated carbocycles. The van der Waals surface area contributed by atoms with Gasteiger partial charge >= 0.3 is 0 Å². The molecule has 0 fully saturated rings. The Labute approximate surface area is 163 Å². The predicted molar refractivity (Wildman–Crippen MR) is 103 cm³/mol. The van der Waals surface area contributed by atoms with Crippen LogP contribution in [0.25, 0.3) is 0 Å². The largest absolute Gasteiger partial charge is 0.471 e. The highest BCUT2D eigenvalue weighted by Crippen LogP contribution is 2.21. The van der Waals surface area contributed by atoms with Crippen LogP contribution in [-0.2, 0) is 6.73 Å². The summed E-state index contributed by atoms with van der Waals surface area (Å²) < 4.78 is 8.05. The number of rotatable bonds is 6. The maximum Gasteiger partial charge on any atom is 0.276 e. The van der Waals surface area contributed by atoms with Crippen molar-refractivity contribution < 1.29 is 14.5 Å². The minimum Gasteiger partial charge on any atom is -0.471 e. The van der Waals surface area contributed by atoms with E-state index in [1.165, 1.54) is 22.9 Å². The number of carbonyl (C=O) groups is 1. The van der Waals surface area contributed by atoms with Gasteiger partial charge in [-0.15, -0.1) is 0 Å². The van der Waals surface area contributed by atoms with Gasteiger partial charge in [0.2, 0.25) is 0 Å². The van der Waals surface area contributed by atoms with Crippen molar-refractivity contribution in [1.29, 1.82) is 0 Å². The van der Waals surface area contributed by atoms with Crippen LogP contribution in [0.3, 0.4) is 0 Å². The number of amides is 1. The van der Waals surface area contributed by atoms with Crippen LogP contribution in [0.15, 0.2) is 59.2 Å². The first-order valence-electron chi connectivity index (χ1n) is 7.90. The van der Waals surface area contributed by atoms with E-state index in [2.05, 4.69) is 26.3 Å². The van der Waals surface area contributed by atoms with Crippen LogP contribution < -0.4 is 10.1 Å². The summed E-state index contributed by atoms with van der Waals surface area (Å²) in [6.45, 7) is 1.85. The van der Waals surface area contributed by atoms with E-state index >= 15 is 0 Å². The number of carbonyl (C=O) groups excluding carboxylic acids is 1. The van der Waals surface area contributed by atoms with Gasteiger partial charge in [0.25, 0.3) is 11.6 Å². The number of hydrogen-bond donors (Lipinski definition) is 1. The number of hydrogen-bond acceptors (Lipinski definition) is 5. The van der Waals surface area contributed by atoms with E-state index < -0.39 is 10.8 Å². The first-order valence-corrected chi connectivity index (χ1v) is 8.70. The highest BCUT2D eigenvalue weighted by Gasteiger charge is 2.13. The second kappa shape index (κ2) is 8.00. The summed E-state index contributed by atoms with van der Waals surface area (Å²) in [5.41, 5.74) is 1.27. The van der Waals surface area contributed by atoms with Crippen LogP contribution in [0.4, 0.5) is 11.4 Å². The summed E-state index contributed by atoms with van der Waals surface area (Å²) in [7, 11) is 0. The number of aryl methyl sites for hydroxylation is 1. The number of ether oxygens (including phenoxy) is 1. The van der Waals surface area contributed by atoms with E-state index in [0.717, 1.165) is 4.47 Å². The average molecular weight is 431 g/mol. The minimum absolute atomic E-state index is 0.0279. The molecule has 0 atom stereocenters. The number of aromatic nitrogens is 2. The molecule has 1 amide bonds. The lowest BCUT2D eigenvalue weighted by atomic mass is 10.1. The molecule has 138 valence electrons. The van der Waals surface area contributed by atoms with Crippen molar-refractivity contribution in [3.63, 3.8) is 0 Å². The fourth-order valence-electron chi connectivity index (χ4n) is 2.31. The summed E-state index contributed by atoms with van der Waals surface area (Å²) in [5.74, 6) is 0.274. The summed E-state index contributed by atoms with van der Waals surface area (Å²) in [6.07, 6.45) is 1.64. The number of anilines is 1. The monoisotopic (exact) mass is 430 g/mol. The lowest BCUT2D eigenvalue weighted by Gasteiger charge is -2.07. The van der Waals surface area contributed by atoms with Gasteiger partial charge in [0.05, 0.1) is 4.92 Å². The maximum atomic E-state index is 12.3. The zero-order chi connectivity index (χ0) is 19.4. The van der Waals surface area contributed by atoms with Crippen molar-refractivity contribution in [3.8, 4) is 5.75 Å². The number of nitrogens with one attached hydrogen (secondary N) is 1. The van der Waals surface area contributed by atoms with Crippen LogP contribution in [0.2, 0.25) is 0 Å². The maximum absolute atomic E-state index is 12.3. The molecular weight excluding hydrogens is 416 g/mol. The summed E-state index contributed by atoms with van der Waals surface area (Å²) >= 11 is 3.35. The van der Waals surface area contributed by atoms with E-state index in [1.54, 1.807) is 19.2 Å². The number of nitrogens with zero attached hydrogens (tertiary/aromatic N) is 3. The standard InChI is InChI=1S/C18H15BrN4O4/c1-12-10-14(23(25)26)4-7-16(12)20-18(24)17-8-9-22(21-17)11-27-15-5-2-13(19)3-6-15/h2-10H,11H2,1H3,(H,20,24). The summed E-state index contributed by atoms with van der Waals surface area (Å²) in [5, 5.41) is 17.7. The Bertz CT molecular complexity index is 985. The normalized spacial score (nSPS) is 10.4. The van der Waals surface area contributed by atoms with E-state index in [9.17, 15) is 14.9 Å². The first-order chi connectivity index (χ1) is 12.9.